The van der Waals surface area contributed by atoms with Crippen molar-refractivity contribution in [2.75, 3.05) is 7.11 Å². The molecule has 0 bridgehead atoms. The summed E-state index contributed by atoms with van der Waals surface area (Å²) in [7, 11) is 1.70. The minimum atomic E-state index is 0.0582. The number of rotatable bonds is 4. The average Bonchev–Trinajstić information content (AvgIpc) is 2.82. The monoisotopic (exact) mass is 259 g/mol. The molecule has 0 radical (unpaired) electrons. The van der Waals surface area contributed by atoms with Gasteiger partial charge in [-0.05, 0) is 32.4 Å². The van der Waals surface area contributed by atoms with E-state index in [1.807, 2.05) is 39.2 Å². The molecule has 1 atom stereocenters. The molecule has 0 aliphatic carbocycles. The highest BCUT2D eigenvalue weighted by molar-refractivity contribution is 5.41. The standard InChI is InChI=1S/C15H21N3O/c1-10-7-17-14(11(2)15(10)19-4)9-18-6-5-13(8-18)12(3)16/h5-8,12H,9,16H2,1-4H3. The Bertz CT molecular complexity index is 573. The van der Waals surface area contributed by atoms with Crippen LogP contribution in [0.2, 0.25) is 0 Å². The number of methoxy groups -OCH3 is 1. The molecule has 4 nitrogen and oxygen atoms in total. The highest BCUT2D eigenvalue weighted by Gasteiger charge is 2.10. The van der Waals surface area contributed by atoms with Crippen molar-refractivity contribution in [2.45, 2.75) is 33.4 Å². The Balaban J connectivity index is 2.28. The van der Waals surface area contributed by atoms with Crippen molar-refractivity contribution in [1.29, 1.82) is 0 Å². The summed E-state index contributed by atoms with van der Waals surface area (Å²) < 4.78 is 7.53. The first-order chi connectivity index (χ1) is 9.02. The summed E-state index contributed by atoms with van der Waals surface area (Å²) in [5.74, 6) is 0.921. The molecule has 2 rings (SSSR count). The van der Waals surface area contributed by atoms with Crippen LogP contribution in [0.4, 0.5) is 0 Å². The highest BCUT2D eigenvalue weighted by atomic mass is 16.5. The van der Waals surface area contributed by atoms with Gasteiger partial charge in [0.15, 0.2) is 0 Å². The van der Waals surface area contributed by atoms with Crippen LogP contribution in [0.15, 0.2) is 24.7 Å². The molecule has 0 amide bonds. The van der Waals surface area contributed by atoms with Crippen LogP contribution < -0.4 is 10.5 Å². The van der Waals surface area contributed by atoms with Crippen molar-refractivity contribution in [2.24, 2.45) is 5.73 Å². The summed E-state index contributed by atoms with van der Waals surface area (Å²) in [5.41, 5.74) is 10.2. The lowest BCUT2D eigenvalue weighted by atomic mass is 10.1. The normalized spacial score (nSPS) is 12.5. The van der Waals surface area contributed by atoms with Gasteiger partial charge in [-0.1, -0.05) is 0 Å². The zero-order valence-corrected chi connectivity index (χ0v) is 12.0. The molecule has 4 heteroatoms. The minimum Gasteiger partial charge on any atom is -0.496 e. The second kappa shape index (κ2) is 5.45. The Kier molecular flexibility index (Phi) is 3.90. The highest BCUT2D eigenvalue weighted by Crippen LogP contribution is 2.24. The lowest BCUT2D eigenvalue weighted by Gasteiger charge is -2.12. The zero-order valence-electron chi connectivity index (χ0n) is 12.0. The van der Waals surface area contributed by atoms with Gasteiger partial charge in [-0.15, -0.1) is 0 Å². The van der Waals surface area contributed by atoms with Crippen molar-refractivity contribution in [3.05, 3.63) is 47.0 Å². The second-order valence-corrected chi connectivity index (χ2v) is 4.95. The SMILES string of the molecule is COc1c(C)cnc(Cn2ccc(C(C)N)c2)c1C. The largest absolute Gasteiger partial charge is 0.496 e. The molecular weight excluding hydrogens is 238 g/mol. The smallest absolute Gasteiger partial charge is 0.128 e. The number of pyridine rings is 1. The third-order valence-electron chi connectivity index (χ3n) is 3.38. The molecule has 19 heavy (non-hydrogen) atoms. The second-order valence-electron chi connectivity index (χ2n) is 4.95. The first-order valence-electron chi connectivity index (χ1n) is 6.43. The number of ether oxygens (including phenoxy) is 1. The molecule has 0 aliphatic heterocycles. The Morgan fingerprint density at radius 2 is 2.16 bits per heavy atom. The van der Waals surface area contributed by atoms with Crippen molar-refractivity contribution in [3.8, 4) is 5.75 Å². The van der Waals surface area contributed by atoms with E-state index in [9.17, 15) is 0 Å². The fraction of sp³-hybridized carbons (Fsp3) is 0.400. The summed E-state index contributed by atoms with van der Waals surface area (Å²) in [6, 6.07) is 2.11. The van der Waals surface area contributed by atoms with E-state index in [-0.39, 0.29) is 6.04 Å². The predicted molar refractivity (Wildman–Crippen MR) is 76.4 cm³/mol. The van der Waals surface area contributed by atoms with Crippen LogP contribution in [0.5, 0.6) is 5.75 Å². The van der Waals surface area contributed by atoms with Crippen LogP contribution in [0.1, 0.15) is 35.3 Å². The van der Waals surface area contributed by atoms with Gasteiger partial charge in [0.1, 0.15) is 5.75 Å². The quantitative estimate of drug-likeness (QED) is 0.918. The number of nitrogens with two attached hydrogens (primary N) is 1. The van der Waals surface area contributed by atoms with E-state index in [0.29, 0.717) is 0 Å². The average molecular weight is 259 g/mol. The summed E-state index contributed by atoms with van der Waals surface area (Å²) in [4.78, 5) is 4.50. The third kappa shape index (κ3) is 2.79. The van der Waals surface area contributed by atoms with Gasteiger partial charge in [-0.3, -0.25) is 4.98 Å². The van der Waals surface area contributed by atoms with Gasteiger partial charge < -0.3 is 15.0 Å². The van der Waals surface area contributed by atoms with Crippen LogP contribution in [-0.2, 0) is 6.54 Å². The van der Waals surface area contributed by atoms with Gasteiger partial charge in [0.2, 0.25) is 0 Å². The van der Waals surface area contributed by atoms with Gasteiger partial charge in [0.05, 0.1) is 19.3 Å². The number of aryl methyl sites for hydroxylation is 1. The molecule has 0 aliphatic rings. The summed E-state index contributed by atoms with van der Waals surface area (Å²) in [6.07, 6.45) is 5.96. The first kappa shape index (κ1) is 13.6. The molecule has 2 heterocycles. The maximum atomic E-state index is 5.87. The topological polar surface area (TPSA) is 53.1 Å². The van der Waals surface area contributed by atoms with E-state index in [1.54, 1.807) is 7.11 Å². The van der Waals surface area contributed by atoms with Crippen molar-refractivity contribution < 1.29 is 4.74 Å². The van der Waals surface area contributed by atoms with Gasteiger partial charge in [-0.25, -0.2) is 0 Å². The van der Waals surface area contributed by atoms with Gasteiger partial charge in [-0.2, -0.15) is 0 Å². The minimum absolute atomic E-state index is 0.0582. The van der Waals surface area contributed by atoms with Gasteiger partial charge in [0, 0.05) is 35.8 Å². The predicted octanol–water partition coefficient (Wildman–Crippen LogP) is 2.58. The van der Waals surface area contributed by atoms with Crippen LogP contribution in [-0.4, -0.2) is 16.7 Å². The van der Waals surface area contributed by atoms with Gasteiger partial charge in [0.25, 0.3) is 0 Å². The van der Waals surface area contributed by atoms with Crippen LogP contribution in [0.25, 0.3) is 0 Å². The zero-order chi connectivity index (χ0) is 14.0. The molecule has 0 saturated heterocycles. The summed E-state index contributed by atoms with van der Waals surface area (Å²) >= 11 is 0. The van der Waals surface area contributed by atoms with Crippen molar-refractivity contribution in [3.63, 3.8) is 0 Å². The Morgan fingerprint density at radius 3 is 2.74 bits per heavy atom. The first-order valence-corrected chi connectivity index (χ1v) is 6.43. The number of nitrogens with zero attached hydrogens (tertiary/aromatic N) is 2. The molecular formula is C15H21N3O. The lowest BCUT2D eigenvalue weighted by Crippen LogP contribution is -2.06. The molecule has 0 saturated carbocycles. The van der Waals surface area contributed by atoms with Crippen LogP contribution >= 0.6 is 0 Å². The maximum Gasteiger partial charge on any atom is 0.128 e. The molecule has 0 fully saturated rings. The Labute approximate surface area is 114 Å². The molecule has 2 N–H and O–H groups in total. The van der Waals surface area contributed by atoms with Crippen LogP contribution in [0, 0.1) is 13.8 Å². The molecule has 2 aromatic heterocycles. The van der Waals surface area contributed by atoms with E-state index >= 15 is 0 Å². The third-order valence-corrected chi connectivity index (χ3v) is 3.38. The van der Waals surface area contributed by atoms with E-state index < -0.39 is 0 Å². The summed E-state index contributed by atoms with van der Waals surface area (Å²) in [5, 5.41) is 0. The molecule has 2 aromatic rings. The molecule has 102 valence electrons. The fourth-order valence-electron chi connectivity index (χ4n) is 2.23. The summed E-state index contributed by atoms with van der Waals surface area (Å²) in [6.45, 7) is 6.77. The number of aromatic nitrogens is 2. The van der Waals surface area contributed by atoms with E-state index in [1.165, 1.54) is 0 Å². The van der Waals surface area contributed by atoms with E-state index in [2.05, 4.69) is 15.7 Å². The Hall–Kier alpha value is -1.81. The number of hydrogen-bond acceptors (Lipinski definition) is 3. The van der Waals surface area contributed by atoms with Gasteiger partial charge >= 0.3 is 0 Å². The lowest BCUT2D eigenvalue weighted by molar-refractivity contribution is 0.406. The van der Waals surface area contributed by atoms with Crippen LogP contribution in [0.3, 0.4) is 0 Å². The molecule has 0 spiro atoms. The van der Waals surface area contributed by atoms with Crippen molar-refractivity contribution in [1.82, 2.24) is 9.55 Å². The fourth-order valence-corrected chi connectivity index (χ4v) is 2.23. The van der Waals surface area contributed by atoms with E-state index in [0.717, 1.165) is 34.7 Å². The number of hydrogen-bond donors (Lipinski definition) is 1. The molecule has 0 aromatic carbocycles. The van der Waals surface area contributed by atoms with Crippen molar-refractivity contribution >= 4 is 0 Å². The molecule has 1 unspecified atom stereocenters. The van der Waals surface area contributed by atoms with E-state index in [4.69, 9.17) is 10.5 Å². The Morgan fingerprint density at radius 1 is 1.42 bits per heavy atom. The maximum absolute atomic E-state index is 5.87.